The Hall–Kier alpha value is -0.350. The van der Waals surface area contributed by atoms with Gasteiger partial charge in [0.05, 0.1) is 6.61 Å². The molecule has 0 aliphatic heterocycles. The summed E-state index contributed by atoms with van der Waals surface area (Å²) in [7, 11) is 1.70. The molecule has 2 atom stereocenters. The lowest BCUT2D eigenvalue weighted by atomic mass is 10.2. The van der Waals surface area contributed by atoms with E-state index < -0.39 is 0 Å². The van der Waals surface area contributed by atoms with E-state index in [4.69, 9.17) is 17.0 Å². The molecule has 2 N–H and O–H groups in total. The van der Waals surface area contributed by atoms with E-state index in [-0.39, 0.29) is 6.04 Å². The van der Waals surface area contributed by atoms with Crippen molar-refractivity contribution in [3.05, 3.63) is 0 Å². The van der Waals surface area contributed by atoms with Crippen LogP contribution in [0.15, 0.2) is 0 Å². The topological polar surface area (TPSA) is 33.3 Å². The van der Waals surface area contributed by atoms with Crippen molar-refractivity contribution in [2.24, 2.45) is 5.92 Å². The Kier molecular flexibility index (Phi) is 4.62. The predicted molar refractivity (Wildman–Crippen MR) is 62.4 cm³/mol. The number of methoxy groups -OCH3 is 1. The maximum absolute atomic E-state index is 5.19. The smallest absolute Gasteiger partial charge is 0.166 e. The maximum Gasteiger partial charge on any atom is 0.166 e. The molecule has 2 unspecified atom stereocenters. The van der Waals surface area contributed by atoms with E-state index in [0.717, 1.165) is 11.0 Å². The van der Waals surface area contributed by atoms with E-state index in [9.17, 15) is 0 Å². The van der Waals surface area contributed by atoms with Crippen LogP contribution in [0.2, 0.25) is 0 Å². The lowest BCUT2D eigenvalue weighted by Crippen LogP contribution is -2.46. The minimum absolute atomic E-state index is 0.270. The Bertz CT molecular complexity index is 195. The first-order valence-corrected chi connectivity index (χ1v) is 5.60. The lowest BCUT2D eigenvalue weighted by molar-refractivity contribution is 0.179. The SMILES string of the molecule is COCC(C)NC(=S)NC(C)C1CC1. The van der Waals surface area contributed by atoms with Crippen molar-refractivity contribution in [2.75, 3.05) is 13.7 Å². The average molecular weight is 216 g/mol. The zero-order chi connectivity index (χ0) is 10.6. The highest BCUT2D eigenvalue weighted by molar-refractivity contribution is 7.80. The van der Waals surface area contributed by atoms with Gasteiger partial charge in [-0.2, -0.15) is 0 Å². The van der Waals surface area contributed by atoms with Crippen LogP contribution in [0.1, 0.15) is 26.7 Å². The molecule has 1 saturated carbocycles. The van der Waals surface area contributed by atoms with Crippen LogP contribution in [0.4, 0.5) is 0 Å². The average Bonchev–Trinajstić information content (AvgIpc) is 2.85. The summed E-state index contributed by atoms with van der Waals surface area (Å²) in [5.74, 6) is 0.826. The van der Waals surface area contributed by atoms with Crippen LogP contribution >= 0.6 is 12.2 Å². The van der Waals surface area contributed by atoms with E-state index in [1.54, 1.807) is 7.11 Å². The number of hydrogen-bond donors (Lipinski definition) is 2. The molecule has 0 saturated heterocycles. The molecular formula is C10H20N2OS. The molecular weight excluding hydrogens is 196 g/mol. The molecule has 0 aromatic carbocycles. The van der Waals surface area contributed by atoms with E-state index in [0.29, 0.717) is 12.6 Å². The molecule has 0 radical (unpaired) electrons. The highest BCUT2D eigenvalue weighted by Gasteiger charge is 2.28. The van der Waals surface area contributed by atoms with Gasteiger partial charge in [0.2, 0.25) is 0 Å². The summed E-state index contributed by atoms with van der Waals surface area (Å²) in [4.78, 5) is 0. The van der Waals surface area contributed by atoms with Crippen molar-refractivity contribution in [3.8, 4) is 0 Å². The van der Waals surface area contributed by atoms with E-state index in [1.165, 1.54) is 12.8 Å². The molecule has 1 aliphatic rings. The summed E-state index contributed by atoms with van der Waals surface area (Å²) < 4.78 is 5.02. The molecule has 14 heavy (non-hydrogen) atoms. The monoisotopic (exact) mass is 216 g/mol. The predicted octanol–water partition coefficient (Wildman–Crippen LogP) is 1.28. The fourth-order valence-corrected chi connectivity index (χ4v) is 1.87. The third-order valence-electron chi connectivity index (χ3n) is 2.48. The molecule has 82 valence electrons. The van der Waals surface area contributed by atoms with Crippen LogP contribution in [0, 0.1) is 5.92 Å². The largest absolute Gasteiger partial charge is 0.383 e. The third-order valence-corrected chi connectivity index (χ3v) is 2.72. The molecule has 1 rings (SSSR count). The number of thiocarbonyl (C=S) groups is 1. The normalized spacial score (nSPS) is 19.9. The van der Waals surface area contributed by atoms with Gasteiger partial charge in [0, 0.05) is 19.2 Å². The summed E-state index contributed by atoms with van der Waals surface area (Å²) in [5, 5.41) is 7.23. The van der Waals surface area contributed by atoms with E-state index in [2.05, 4.69) is 24.5 Å². The summed E-state index contributed by atoms with van der Waals surface area (Å²) in [6.07, 6.45) is 2.68. The minimum Gasteiger partial charge on any atom is -0.383 e. The second-order valence-electron chi connectivity index (χ2n) is 4.10. The molecule has 0 amide bonds. The van der Waals surface area contributed by atoms with Gasteiger partial charge in [0.25, 0.3) is 0 Å². The minimum atomic E-state index is 0.270. The van der Waals surface area contributed by atoms with Gasteiger partial charge >= 0.3 is 0 Å². The number of nitrogens with one attached hydrogen (secondary N) is 2. The summed E-state index contributed by atoms with van der Waals surface area (Å²) >= 11 is 5.19. The quantitative estimate of drug-likeness (QED) is 0.678. The standard InChI is InChI=1S/C10H20N2OS/c1-7(6-13-3)11-10(14)12-8(2)9-4-5-9/h7-9H,4-6H2,1-3H3,(H2,11,12,14). The number of ether oxygens (including phenoxy) is 1. The first kappa shape index (κ1) is 11.7. The summed E-state index contributed by atoms with van der Waals surface area (Å²) in [5.41, 5.74) is 0. The molecule has 0 aromatic heterocycles. The van der Waals surface area contributed by atoms with Gasteiger partial charge in [-0.3, -0.25) is 0 Å². The van der Waals surface area contributed by atoms with Crippen LogP contribution in [-0.4, -0.2) is 30.9 Å². The Morgan fingerprint density at radius 1 is 1.43 bits per heavy atom. The zero-order valence-corrected chi connectivity index (χ0v) is 9.99. The van der Waals surface area contributed by atoms with Gasteiger partial charge in [0.15, 0.2) is 5.11 Å². The van der Waals surface area contributed by atoms with Gasteiger partial charge in [-0.15, -0.1) is 0 Å². The van der Waals surface area contributed by atoms with Crippen LogP contribution in [0.25, 0.3) is 0 Å². The van der Waals surface area contributed by atoms with Gasteiger partial charge in [-0.1, -0.05) is 0 Å². The van der Waals surface area contributed by atoms with Crippen molar-refractivity contribution in [1.29, 1.82) is 0 Å². The second kappa shape index (κ2) is 5.51. The molecule has 0 bridgehead atoms. The lowest BCUT2D eigenvalue weighted by Gasteiger charge is -2.19. The molecule has 1 aliphatic carbocycles. The maximum atomic E-state index is 5.19. The molecule has 4 heteroatoms. The van der Waals surface area contributed by atoms with Crippen molar-refractivity contribution < 1.29 is 4.74 Å². The van der Waals surface area contributed by atoms with Crippen molar-refractivity contribution in [1.82, 2.24) is 10.6 Å². The molecule has 1 fully saturated rings. The Balaban J connectivity index is 2.13. The fraction of sp³-hybridized carbons (Fsp3) is 0.900. The van der Waals surface area contributed by atoms with Gasteiger partial charge < -0.3 is 15.4 Å². The van der Waals surface area contributed by atoms with Gasteiger partial charge in [-0.05, 0) is 44.8 Å². The van der Waals surface area contributed by atoms with Crippen molar-refractivity contribution in [3.63, 3.8) is 0 Å². The van der Waals surface area contributed by atoms with E-state index >= 15 is 0 Å². The third kappa shape index (κ3) is 4.24. The fourth-order valence-electron chi connectivity index (χ4n) is 1.48. The highest BCUT2D eigenvalue weighted by atomic mass is 32.1. The van der Waals surface area contributed by atoms with Gasteiger partial charge in [0.1, 0.15) is 0 Å². The highest BCUT2D eigenvalue weighted by Crippen LogP contribution is 2.32. The van der Waals surface area contributed by atoms with E-state index in [1.807, 2.05) is 0 Å². The Morgan fingerprint density at radius 2 is 2.07 bits per heavy atom. The second-order valence-corrected chi connectivity index (χ2v) is 4.51. The first-order valence-electron chi connectivity index (χ1n) is 5.19. The molecule has 0 heterocycles. The number of hydrogen-bond acceptors (Lipinski definition) is 2. The number of rotatable bonds is 5. The Labute approximate surface area is 91.6 Å². The molecule has 0 spiro atoms. The molecule has 0 aromatic rings. The Morgan fingerprint density at radius 3 is 2.57 bits per heavy atom. The summed E-state index contributed by atoms with van der Waals surface area (Å²) in [6.45, 7) is 4.92. The zero-order valence-electron chi connectivity index (χ0n) is 9.17. The van der Waals surface area contributed by atoms with Crippen LogP contribution in [0.3, 0.4) is 0 Å². The van der Waals surface area contributed by atoms with Crippen LogP contribution in [0.5, 0.6) is 0 Å². The van der Waals surface area contributed by atoms with Crippen molar-refractivity contribution in [2.45, 2.75) is 38.8 Å². The van der Waals surface area contributed by atoms with Crippen LogP contribution in [-0.2, 0) is 4.74 Å². The van der Waals surface area contributed by atoms with Crippen molar-refractivity contribution >= 4 is 17.3 Å². The van der Waals surface area contributed by atoms with Gasteiger partial charge in [-0.25, -0.2) is 0 Å². The summed E-state index contributed by atoms with van der Waals surface area (Å²) in [6, 6.07) is 0.774. The first-order chi connectivity index (χ1) is 6.63. The van der Waals surface area contributed by atoms with Crippen LogP contribution < -0.4 is 10.6 Å². The molecule has 3 nitrogen and oxygen atoms in total.